The van der Waals surface area contributed by atoms with Crippen LogP contribution in [0.25, 0.3) is 0 Å². The number of allylic oxidation sites excluding steroid dienone is 5. The van der Waals surface area contributed by atoms with E-state index in [2.05, 4.69) is 43.5 Å². The van der Waals surface area contributed by atoms with Gasteiger partial charge in [-0.05, 0) is 57.8 Å². The zero-order valence-electron chi connectivity index (χ0n) is 45.2. The first-order valence-corrected chi connectivity index (χ1v) is 29.2. The molecule has 0 spiro atoms. The number of unbranched alkanes of at least 4 members (excludes halogenated alkanes) is 29. The van der Waals surface area contributed by atoms with Crippen molar-refractivity contribution < 1.29 is 64.6 Å². The Hall–Kier alpha value is -1.79. The van der Waals surface area contributed by atoms with E-state index in [0.717, 1.165) is 38.5 Å². The van der Waals surface area contributed by atoms with Crippen LogP contribution in [-0.4, -0.2) is 140 Å². The molecule has 72 heavy (non-hydrogen) atoms. The summed E-state index contributed by atoms with van der Waals surface area (Å²) in [5.41, 5.74) is 0. The molecule has 2 fully saturated rings. The van der Waals surface area contributed by atoms with E-state index in [0.29, 0.717) is 12.8 Å². The van der Waals surface area contributed by atoms with Gasteiger partial charge in [0.25, 0.3) is 0 Å². The van der Waals surface area contributed by atoms with E-state index >= 15 is 0 Å². The van der Waals surface area contributed by atoms with Crippen LogP contribution in [0.4, 0.5) is 0 Å². The number of amides is 1. The standard InChI is InChI=1S/C58H107NO13/c1-3-5-7-9-11-13-14-15-16-17-18-19-20-21-22-23-24-25-26-27-28-29-30-31-32-34-36-38-40-42-50(63)59-46(47(62)41-39-37-35-33-12-10-8-6-4-2)45-69-57-55(68)53(66)56(49(44-61)71-57)72-58-54(67)52(65)51(64)48(43-60)70-58/h12,17-18,33,39,41,46-49,51-58,60-62,64-68H,3-11,13-16,19-32,34-38,40,42-45H2,1-2H3,(H,59,63)/b18-17-,33-12+,41-39+. The van der Waals surface area contributed by atoms with Crippen LogP contribution in [-0.2, 0) is 23.7 Å². The summed E-state index contributed by atoms with van der Waals surface area (Å²) < 4.78 is 22.7. The van der Waals surface area contributed by atoms with Crippen LogP contribution >= 0.6 is 0 Å². The minimum Gasteiger partial charge on any atom is -0.394 e. The molecular formula is C58H107NO13. The van der Waals surface area contributed by atoms with Gasteiger partial charge in [0.1, 0.15) is 48.8 Å². The zero-order chi connectivity index (χ0) is 52.4. The van der Waals surface area contributed by atoms with E-state index in [1.54, 1.807) is 6.08 Å². The molecule has 0 aliphatic carbocycles. The Morgan fingerprint density at radius 1 is 0.486 bits per heavy atom. The summed E-state index contributed by atoms with van der Waals surface area (Å²) in [6.45, 7) is 2.72. The number of aliphatic hydroxyl groups is 8. The van der Waals surface area contributed by atoms with E-state index in [4.69, 9.17) is 18.9 Å². The zero-order valence-corrected chi connectivity index (χ0v) is 45.2. The smallest absolute Gasteiger partial charge is 0.220 e. The van der Waals surface area contributed by atoms with E-state index < -0.39 is 86.8 Å². The van der Waals surface area contributed by atoms with Crippen LogP contribution in [0, 0.1) is 0 Å². The van der Waals surface area contributed by atoms with Crippen molar-refractivity contribution in [3.8, 4) is 0 Å². The first kappa shape index (κ1) is 66.3. The lowest BCUT2D eigenvalue weighted by Crippen LogP contribution is -2.65. The molecule has 2 aliphatic rings. The summed E-state index contributed by atoms with van der Waals surface area (Å²) in [4.78, 5) is 13.2. The van der Waals surface area contributed by atoms with Crippen molar-refractivity contribution in [3.05, 3.63) is 36.5 Å². The van der Waals surface area contributed by atoms with Gasteiger partial charge < -0.3 is 65.1 Å². The molecule has 14 heteroatoms. The summed E-state index contributed by atoms with van der Waals surface area (Å²) in [6.07, 6.45) is 36.6. The lowest BCUT2D eigenvalue weighted by Gasteiger charge is -2.46. The Kier molecular flexibility index (Phi) is 40.9. The van der Waals surface area contributed by atoms with Gasteiger partial charge in [0.05, 0.1) is 32.0 Å². The topological polar surface area (TPSA) is 228 Å². The highest BCUT2D eigenvalue weighted by Crippen LogP contribution is 2.30. The highest BCUT2D eigenvalue weighted by molar-refractivity contribution is 5.76. The third-order valence-corrected chi connectivity index (χ3v) is 14.3. The highest BCUT2D eigenvalue weighted by Gasteiger charge is 2.51. The molecule has 2 saturated heterocycles. The second-order valence-corrected chi connectivity index (χ2v) is 20.8. The fraction of sp³-hybridized carbons (Fsp3) is 0.879. The average Bonchev–Trinajstić information content (AvgIpc) is 3.38. The molecule has 1 amide bonds. The molecule has 0 saturated carbocycles. The van der Waals surface area contributed by atoms with Crippen molar-refractivity contribution in [3.63, 3.8) is 0 Å². The van der Waals surface area contributed by atoms with Gasteiger partial charge in [-0.25, -0.2) is 0 Å². The molecule has 0 aromatic heterocycles. The van der Waals surface area contributed by atoms with Gasteiger partial charge in [0.2, 0.25) is 5.91 Å². The minimum absolute atomic E-state index is 0.250. The van der Waals surface area contributed by atoms with Gasteiger partial charge in [-0.2, -0.15) is 0 Å². The Morgan fingerprint density at radius 2 is 0.889 bits per heavy atom. The molecule has 12 atom stereocenters. The third-order valence-electron chi connectivity index (χ3n) is 14.3. The Morgan fingerprint density at radius 3 is 1.39 bits per heavy atom. The van der Waals surface area contributed by atoms with Crippen LogP contribution in [0.15, 0.2) is 36.5 Å². The number of aliphatic hydroxyl groups excluding tert-OH is 8. The predicted octanol–water partition coefficient (Wildman–Crippen LogP) is 9.44. The number of ether oxygens (including phenoxy) is 4. The van der Waals surface area contributed by atoms with E-state index in [-0.39, 0.29) is 18.9 Å². The molecule has 12 unspecified atom stereocenters. The quantitative estimate of drug-likeness (QED) is 0.0205. The second kappa shape index (κ2) is 44.3. The lowest BCUT2D eigenvalue weighted by molar-refractivity contribution is -0.359. The van der Waals surface area contributed by atoms with Crippen LogP contribution in [0.3, 0.4) is 0 Å². The van der Waals surface area contributed by atoms with Crippen molar-refractivity contribution in [2.45, 2.75) is 306 Å². The number of rotatable bonds is 46. The molecule has 14 nitrogen and oxygen atoms in total. The Bertz CT molecular complexity index is 1350. The van der Waals surface area contributed by atoms with Crippen LogP contribution in [0.5, 0.6) is 0 Å². The van der Waals surface area contributed by atoms with Crippen molar-refractivity contribution in [2.24, 2.45) is 0 Å². The highest BCUT2D eigenvalue weighted by atomic mass is 16.7. The predicted molar refractivity (Wildman–Crippen MR) is 286 cm³/mol. The lowest BCUT2D eigenvalue weighted by atomic mass is 9.97. The second-order valence-electron chi connectivity index (χ2n) is 20.8. The number of nitrogens with one attached hydrogen (secondary N) is 1. The summed E-state index contributed by atoms with van der Waals surface area (Å²) >= 11 is 0. The van der Waals surface area contributed by atoms with Gasteiger partial charge in [-0.1, -0.05) is 204 Å². The van der Waals surface area contributed by atoms with Crippen molar-refractivity contribution in [1.82, 2.24) is 5.32 Å². The molecule has 422 valence electrons. The van der Waals surface area contributed by atoms with Gasteiger partial charge >= 0.3 is 0 Å². The van der Waals surface area contributed by atoms with Gasteiger partial charge in [-0.15, -0.1) is 0 Å². The van der Waals surface area contributed by atoms with Crippen molar-refractivity contribution in [1.29, 1.82) is 0 Å². The van der Waals surface area contributed by atoms with E-state index in [1.165, 1.54) is 161 Å². The van der Waals surface area contributed by atoms with Crippen molar-refractivity contribution >= 4 is 5.91 Å². The molecule has 0 radical (unpaired) electrons. The van der Waals surface area contributed by atoms with Gasteiger partial charge in [0.15, 0.2) is 12.6 Å². The fourth-order valence-electron chi connectivity index (χ4n) is 9.54. The first-order valence-electron chi connectivity index (χ1n) is 29.2. The number of carbonyl (C=O) groups excluding carboxylic acids is 1. The molecule has 9 N–H and O–H groups in total. The summed E-state index contributed by atoms with van der Waals surface area (Å²) in [6, 6.07) is -0.927. The normalized spacial score (nSPS) is 25.8. The van der Waals surface area contributed by atoms with Crippen molar-refractivity contribution in [2.75, 3.05) is 19.8 Å². The Labute approximate surface area is 436 Å². The number of hydrogen-bond donors (Lipinski definition) is 9. The molecule has 0 aromatic carbocycles. The maximum atomic E-state index is 13.2. The summed E-state index contributed by atoms with van der Waals surface area (Å²) in [7, 11) is 0. The third kappa shape index (κ3) is 30.1. The minimum atomic E-state index is -1.79. The van der Waals surface area contributed by atoms with E-state index in [9.17, 15) is 45.6 Å². The van der Waals surface area contributed by atoms with Crippen LogP contribution in [0.1, 0.15) is 232 Å². The average molecular weight is 1030 g/mol. The van der Waals surface area contributed by atoms with E-state index in [1.807, 2.05) is 6.08 Å². The molecule has 2 aliphatic heterocycles. The maximum absolute atomic E-state index is 13.2. The molecule has 2 rings (SSSR count). The largest absolute Gasteiger partial charge is 0.394 e. The summed E-state index contributed by atoms with van der Waals surface area (Å²) in [5, 5.41) is 86.7. The summed E-state index contributed by atoms with van der Waals surface area (Å²) in [5.74, 6) is -0.250. The molecule has 0 aromatic rings. The number of carbonyl (C=O) groups is 1. The number of hydrogen-bond acceptors (Lipinski definition) is 13. The Balaban J connectivity index is 1.64. The molecule has 0 bridgehead atoms. The van der Waals surface area contributed by atoms with Crippen LogP contribution < -0.4 is 5.32 Å². The monoisotopic (exact) mass is 1030 g/mol. The van der Waals surface area contributed by atoms with Gasteiger partial charge in [0, 0.05) is 6.42 Å². The van der Waals surface area contributed by atoms with Gasteiger partial charge in [-0.3, -0.25) is 4.79 Å². The van der Waals surface area contributed by atoms with Crippen LogP contribution in [0.2, 0.25) is 0 Å². The first-order chi connectivity index (χ1) is 35.1. The molecular weight excluding hydrogens is 919 g/mol. The maximum Gasteiger partial charge on any atom is 0.220 e. The SMILES string of the molecule is CCCCC/C=C/CC/C=C/C(O)C(COC1OC(CO)C(OC2OC(CO)C(O)C(O)C2O)C(O)C1O)NC(=O)CCCCCCCCCCCCCCCCCCC/C=C\CCCCCCCCCC. The fourth-order valence-corrected chi connectivity index (χ4v) is 9.54. The molecule has 2 heterocycles.